The lowest BCUT2D eigenvalue weighted by atomic mass is 9.97. The molecule has 0 spiro atoms. The van der Waals surface area contributed by atoms with Gasteiger partial charge in [0.15, 0.2) is 0 Å². The van der Waals surface area contributed by atoms with Gasteiger partial charge in [0, 0.05) is 26.2 Å². The Morgan fingerprint density at radius 1 is 1.30 bits per heavy atom. The summed E-state index contributed by atoms with van der Waals surface area (Å²) in [5, 5.41) is 10.0. The number of aromatic nitrogens is 3. The maximum Gasteiger partial charge on any atom is 0.231 e. The normalized spacial score (nSPS) is 22.9. The molecule has 6 nitrogen and oxygen atoms in total. The molecule has 0 saturated carbocycles. The van der Waals surface area contributed by atoms with E-state index in [4.69, 9.17) is 11.6 Å². The number of hydrogen-bond acceptors (Lipinski definition) is 6. The Kier molecular flexibility index (Phi) is 4.99. The van der Waals surface area contributed by atoms with Gasteiger partial charge in [-0.1, -0.05) is 6.92 Å². The van der Waals surface area contributed by atoms with Crippen LogP contribution in [0, 0.1) is 5.92 Å². The van der Waals surface area contributed by atoms with Crippen molar-refractivity contribution in [1.29, 1.82) is 0 Å². The molecule has 0 aromatic carbocycles. The fourth-order valence-electron chi connectivity index (χ4n) is 2.43. The number of aliphatic hydroxyl groups excluding tert-OH is 1. The zero-order chi connectivity index (χ0) is 14.7. The SMILES string of the molecule is CCN(CC)c1nc(Cl)nc(N2CCC(O)C(C)C2)n1. The molecule has 2 rings (SSSR count). The second-order valence-corrected chi connectivity index (χ2v) is 5.49. The summed E-state index contributed by atoms with van der Waals surface area (Å²) in [6.45, 7) is 9.27. The molecule has 112 valence electrons. The van der Waals surface area contributed by atoms with E-state index in [1.807, 2.05) is 11.8 Å². The number of hydrogen-bond donors (Lipinski definition) is 1. The maximum absolute atomic E-state index is 9.80. The van der Waals surface area contributed by atoms with Gasteiger partial charge in [-0.15, -0.1) is 0 Å². The van der Waals surface area contributed by atoms with Crippen molar-refractivity contribution >= 4 is 23.5 Å². The van der Waals surface area contributed by atoms with Crippen LogP contribution in [0.3, 0.4) is 0 Å². The molecular weight excluding hydrogens is 278 g/mol. The molecule has 7 heteroatoms. The van der Waals surface area contributed by atoms with Crippen LogP contribution in [0.5, 0.6) is 0 Å². The van der Waals surface area contributed by atoms with Crippen LogP contribution in [0.4, 0.5) is 11.9 Å². The quantitative estimate of drug-likeness (QED) is 0.910. The Bertz CT molecular complexity index is 454. The minimum absolute atomic E-state index is 0.205. The van der Waals surface area contributed by atoms with Crippen LogP contribution >= 0.6 is 11.6 Å². The van der Waals surface area contributed by atoms with Crippen molar-refractivity contribution in [3.63, 3.8) is 0 Å². The molecular formula is C13H22ClN5O. The molecule has 1 aromatic heterocycles. The predicted molar refractivity (Wildman–Crippen MR) is 80.4 cm³/mol. The van der Waals surface area contributed by atoms with Crippen molar-refractivity contribution in [2.24, 2.45) is 5.92 Å². The van der Waals surface area contributed by atoms with Gasteiger partial charge in [0.25, 0.3) is 0 Å². The van der Waals surface area contributed by atoms with E-state index in [0.29, 0.717) is 11.9 Å². The van der Waals surface area contributed by atoms with Crippen molar-refractivity contribution < 1.29 is 5.11 Å². The van der Waals surface area contributed by atoms with Gasteiger partial charge in [-0.2, -0.15) is 15.0 Å². The van der Waals surface area contributed by atoms with Crippen LogP contribution in [0.15, 0.2) is 0 Å². The molecule has 1 N–H and O–H groups in total. The minimum Gasteiger partial charge on any atom is -0.393 e. The molecule has 1 aliphatic rings. The molecule has 0 amide bonds. The van der Waals surface area contributed by atoms with Crippen LogP contribution in [0.25, 0.3) is 0 Å². The second-order valence-electron chi connectivity index (χ2n) is 5.16. The van der Waals surface area contributed by atoms with Gasteiger partial charge in [0.2, 0.25) is 17.2 Å². The number of piperidine rings is 1. The summed E-state index contributed by atoms with van der Waals surface area (Å²) >= 11 is 6.03. The highest BCUT2D eigenvalue weighted by atomic mass is 35.5. The summed E-state index contributed by atoms with van der Waals surface area (Å²) < 4.78 is 0. The van der Waals surface area contributed by atoms with E-state index in [9.17, 15) is 5.11 Å². The van der Waals surface area contributed by atoms with Crippen molar-refractivity contribution in [2.75, 3.05) is 36.0 Å². The fraction of sp³-hybridized carbons (Fsp3) is 0.769. The van der Waals surface area contributed by atoms with Crippen LogP contribution < -0.4 is 9.80 Å². The smallest absolute Gasteiger partial charge is 0.231 e. The number of anilines is 2. The average molecular weight is 300 g/mol. The van der Waals surface area contributed by atoms with Crippen LogP contribution in [0.1, 0.15) is 27.2 Å². The number of nitrogens with zero attached hydrogens (tertiary/aromatic N) is 5. The monoisotopic (exact) mass is 299 g/mol. The lowest BCUT2D eigenvalue weighted by Crippen LogP contribution is -2.43. The second kappa shape index (κ2) is 6.54. The van der Waals surface area contributed by atoms with Gasteiger partial charge in [0.05, 0.1) is 6.10 Å². The van der Waals surface area contributed by atoms with E-state index in [1.165, 1.54) is 0 Å². The molecule has 1 aliphatic heterocycles. The molecule has 2 heterocycles. The number of aliphatic hydroxyl groups is 1. The van der Waals surface area contributed by atoms with Gasteiger partial charge in [-0.05, 0) is 37.8 Å². The fourth-order valence-corrected chi connectivity index (χ4v) is 2.58. The summed E-state index contributed by atoms with van der Waals surface area (Å²) in [5.74, 6) is 1.42. The van der Waals surface area contributed by atoms with E-state index in [-0.39, 0.29) is 17.3 Å². The Morgan fingerprint density at radius 3 is 2.60 bits per heavy atom. The highest BCUT2D eigenvalue weighted by Gasteiger charge is 2.26. The molecule has 0 radical (unpaired) electrons. The number of rotatable bonds is 4. The van der Waals surface area contributed by atoms with Gasteiger partial charge >= 0.3 is 0 Å². The Morgan fingerprint density at radius 2 is 2.00 bits per heavy atom. The molecule has 0 aliphatic carbocycles. The first-order chi connectivity index (χ1) is 9.55. The molecule has 1 saturated heterocycles. The molecule has 0 bridgehead atoms. The summed E-state index contributed by atoms with van der Waals surface area (Å²) in [6.07, 6.45) is 0.483. The third-order valence-electron chi connectivity index (χ3n) is 3.77. The summed E-state index contributed by atoms with van der Waals surface area (Å²) in [6, 6.07) is 0. The Hall–Kier alpha value is -1.14. The Labute approximate surface area is 124 Å². The lowest BCUT2D eigenvalue weighted by Gasteiger charge is -2.34. The Balaban J connectivity index is 2.23. The number of halogens is 1. The van der Waals surface area contributed by atoms with Gasteiger partial charge in [0.1, 0.15) is 0 Å². The zero-order valence-corrected chi connectivity index (χ0v) is 13.0. The first-order valence-corrected chi connectivity index (χ1v) is 7.52. The highest BCUT2D eigenvalue weighted by molar-refractivity contribution is 6.28. The molecule has 20 heavy (non-hydrogen) atoms. The van der Waals surface area contributed by atoms with E-state index < -0.39 is 0 Å². The van der Waals surface area contributed by atoms with Crippen LogP contribution in [-0.4, -0.2) is 52.3 Å². The molecule has 2 atom stereocenters. The third kappa shape index (κ3) is 3.30. The van der Waals surface area contributed by atoms with Crippen molar-refractivity contribution in [1.82, 2.24) is 15.0 Å². The lowest BCUT2D eigenvalue weighted by molar-refractivity contribution is 0.0966. The highest BCUT2D eigenvalue weighted by Crippen LogP contribution is 2.23. The van der Waals surface area contributed by atoms with Crippen LogP contribution in [-0.2, 0) is 0 Å². The first-order valence-electron chi connectivity index (χ1n) is 7.14. The molecule has 2 unspecified atom stereocenters. The van der Waals surface area contributed by atoms with E-state index in [2.05, 4.69) is 33.7 Å². The van der Waals surface area contributed by atoms with Gasteiger partial charge in [-0.3, -0.25) is 0 Å². The topological polar surface area (TPSA) is 65.4 Å². The van der Waals surface area contributed by atoms with Crippen LogP contribution in [0.2, 0.25) is 5.28 Å². The summed E-state index contributed by atoms with van der Waals surface area (Å²) in [7, 11) is 0. The summed E-state index contributed by atoms with van der Waals surface area (Å²) in [5.41, 5.74) is 0. The zero-order valence-electron chi connectivity index (χ0n) is 12.3. The predicted octanol–water partition coefficient (Wildman–Crippen LogP) is 1.58. The van der Waals surface area contributed by atoms with Crippen molar-refractivity contribution in [2.45, 2.75) is 33.3 Å². The van der Waals surface area contributed by atoms with E-state index in [1.54, 1.807) is 0 Å². The van der Waals surface area contributed by atoms with Gasteiger partial charge < -0.3 is 14.9 Å². The molecule has 1 fully saturated rings. The largest absolute Gasteiger partial charge is 0.393 e. The summed E-state index contributed by atoms with van der Waals surface area (Å²) in [4.78, 5) is 17.1. The maximum atomic E-state index is 9.80. The average Bonchev–Trinajstić information content (AvgIpc) is 2.42. The van der Waals surface area contributed by atoms with E-state index in [0.717, 1.165) is 32.6 Å². The third-order valence-corrected chi connectivity index (χ3v) is 3.94. The van der Waals surface area contributed by atoms with Crippen molar-refractivity contribution in [3.05, 3.63) is 5.28 Å². The van der Waals surface area contributed by atoms with Crippen molar-refractivity contribution in [3.8, 4) is 0 Å². The van der Waals surface area contributed by atoms with E-state index >= 15 is 0 Å². The first kappa shape index (κ1) is 15.3. The van der Waals surface area contributed by atoms with Gasteiger partial charge in [-0.25, -0.2) is 0 Å². The minimum atomic E-state index is -0.245. The standard InChI is InChI=1S/C13H22ClN5O/c1-4-18(5-2)12-15-11(14)16-13(17-12)19-7-6-10(20)9(3)8-19/h9-10,20H,4-8H2,1-3H3. The molecule has 1 aromatic rings.